The van der Waals surface area contributed by atoms with Gasteiger partial charge in [0.2, 0.25) is 10.0 Å². The Morgan fingerprint density at radius 3 is 2.65 bits per heavy atom. The van der Waals surface area contributed by atoms with Gasteiger partial charge >= 0.3 is 0 Å². The number of nitrogens with two attached hydrogens (primary N) is 1. The van der Waals surface area contributed by atoms with Crippen LogP contribution < -0.4 is 10.5 Å². The van der Waals surface area contributed by atoms with Crippen molar-refractivity contribution in [3.63, 3.8) is 0 Å². The summed E-state index contributed by atoms with van der Waals surface area (Å²) >= 11 is 1.32. The fraction of sp³-hybridized carbons (Fsp3) is 0.250. The van der Waals surface area contributed by atoms with E-state index in [1.54, 1.807) is 25.4 Å². The second-order valence-corrected chi connectivity index (χ2v) is 7.30. The minimum absolute atomic E-state index is 0.167. The lowest BCUT2D eigenvalue weighted by molar-refractivity contribution is 0.466. The van der Waals surface area contributed by atoms with E-state index in [1.807, 2.05) is 0 Å². The minimum Gasteiger partial charge on any atom is -0.399 e. The number of anilines is 1. The molecule has 1 aromatic heterocycles. The van der Waals surface area contributed by atoms with Gasteiger partial charge in [-0.05, 0) is 32.0 Å². The summed E-state index contributed by atoms with van der Waals surface area (Å²) in [6.07, 6.45) is 1.58. The molecule has 0 unspecified atom stereocenters. The third-order valence-electron chi connectivity index (χ3n) is 2.60. The highest BCUT2D eigenvalue weighted by atomic mass is 32.2. The second kappa shape index (κ2) is 5.12. The summed E-state index contributed by atoms with van der Waals surface area (Å²) in [4.78, 5) is 3.65. The zero-order valence-electron chi connectivity index (χ0n) is 10.9. The Balaban J connectivity index is 2.37. The lowest BCUT2D eigenvalue weighted by atomic mass is 10.1. The van der Waals surface area contributed by atoms with E-state index in [0.717, 1.165) is 12.1 Å². The monoisotopic (exact) mass is 315 g/mol. The number of sulfonamides is 1. The lowest BCUT2D eigenvalue weighted by Gasteiger charge is -2.23. The summed E-state index contributed by atoms with van der Waals surface area (Å²) in [6.45, 7) is 3.33. The van der Waals surface area contributed by atoms with Crippen LogP contribution in [0.15, 0.2) is 34.7 Å². The van der Waals surface area contributed by atoms with Crippen molar-refractivity contribution in [2.75, 3.05) is 5.73 Å². The fourth-order valence-corrected chi connectivity index (χ4v) is 3.93. The average molecular weight is 315 g/mol. The Labute approximate surface area is 120 Å². The van der Waals surface area contributed by atoms with Crippen molar-refractivity contribution in [1.29, 1.82) is 0 Å². The number of nitrogens with one attached hydrogen (secondary N) is 1. The molecular formula is C12H14FN3O2S2. The quantitative estimate of drug-likeness (QED) is 0.846. The van der Waals surface area contributed by atoms with Crippen molar-refractivity contribution in [2.24, 2.45) is 0 Å². The molecule has 0 fully saturated rings. The van der Waals surface area contributed by atoms with Crippen LogP contribution in [-0.4, -0.2) is 13.4 Å². The molecule has 2 aromatic rings. The fourth-order valence-electron chi connectivity index (χ4n) is 1.70. The van der Waals surface area contributed by atoms with E-state index in [9.17, 15) is 12.8 Å². The summed E-state index contributed by atoms with van der Waals surface area (Å²) < 4.78 is 40.7. The van der Waals surface area contributed by atoms with Crippen LogP contribution in [0.2, 0.25) is 0 Å². The van der Waals surface area contributed by atoms with Crippen molar-refractivity contribution in [3.05, 3.63) is 40.6 Å². The molecule has 8 heteroatoms. The van der Waals surface area contributed by atoms with Gasteiger partial charge in [0.15, 0.2) is 0 Å². The van der Waals surface area contributed by atoms with Gasteiger partial charge in [-0.15, -0.1) is 11.3 Å². The van der Waals surface area contributed by atoms with Crippen LogP contribution in [0.25, 0.3) is 0 Å². The van der Waals surface area contributed by atoms with E-state index in [0.29, 0.717) is 5.01 Å². The molecule has 0 aliphatic rings. The van der Waals surface area contributed by atoms with Gasteiger partial charge in [0.25, 0.3) is 0 Å². The molecule has 0 aliphatic carbocycles. The van der Waals surface area contributed by atoms with Crippen molar-refractivity contribution >= 4 is 27.0 Å². The van der Waals surface area contributed by atoms with E-state index in [4.69, 9.17) is 5.73 Å². The van der Waals surface area contributed by atoms with E-state index < -0.39 is 26.3 Å². The maximum Gasteiger partial charge on any atom is 0.244 e. The molecule has 1 aromatic carbocycles. The van der Waals surface area contributed by atoms with Gasteiger partial charge in [-0.25, -0.2) is 17.8 Å². The molecular weight excluding hydrogens is 301 g/mol. The number of rotatable bonds is 4. The molecule has 0 amide bonds. The Hall–Kier alpha value is -1.51. The van der Waals surface area contributed by atoms with Crippen molar-refractivity contribution in [2.45, 2.75) is 24.3 Å². The first kappa shape index (κ1) is 14.9. The van der Waals surface area contributed by atoms with Gasteiger partial charge in [-0.2, -0.15) is 4.72 Å². The van der Waals surface area contributed by atoms with Crippen LogP contribution in [0.4, 0.5) is 10.1 Å². The first-order valence-electron chi connectivity index (χ1n) is 5.71. The number of aromatic nitrogens is 1. The Bertz CT molecular complexity index is 712. The summed E-state index contributed by atoms with van der Waals surface area (Å²) in [6, 6.07) is 3.46. The van der Waals surface area contributed by atoms with Crippen molar-refractivity contribution in [3.8, 4) is 0 Å². The summed E-state index contributed by atoms with van der Waals surface area (Å²) in [5, 5.41) is 2.34. The maximum atomic E-state index is 13.8. The van der Waals surface area contributed by atoms with Gasteiger partial charge < -0.3 is 5.73 Å². The summed E-state index contributed by atoms with van der Waals surface area (Å²) in [5.41, 5.74) is 4.65. The molecule has 5 nitrogen and oxygen atoms in total. The zero-order chi connectivity index (χ0) is 15.0. The van der Waals surface area contributed by atoms with Gasteiger partial charge in [-0.1, -0.05) is 0 Å². The number of hydrogen-bond acceptors (Lipinski definition) is 5. The molecule has 0 atom stereocenters. The lowest BCUT2D eigenvalue weighted by Crippen LogP contribution is -2.41. The third kappa shape index (κ3) is 2.97. The van der Waals surface area contributed by atoms with Gasteiger partial charge in [0.05, 0.1) is 5.54 Å². The predicted octanol–water partition coefficient (Wildman–Crippen LogP) is 2.08. The van der Waals surface area contributed by atoms with Gasteiger partial charge in [-0.3, -0.25) is 0 Å². The van der Waals surface area contributed by atoms with E-state index in [1.165, 1.54) is 17.4 Å². The Kier molecular flexibility index (Phi) is 3.81. The largest absolute Gasteiger partial charge is 0.399 e. The Morgan fingerprint density at radius 2 is 2.10 bits per heavy atom. The maximum absolute atomic E-state index is 13.8. The SMILES string of the molecule is CC(C)(NS(=O)(=O)c1ccc(N)cc1F)c1nccs1. The topological polar surface area (TPSA) is 85.1 Å². The van der Waals surface area contributed by atoms with Crippen LogP contribution >= 0.6 is 11.3 Å². The van der Waals surface area contributed by atoms with E-state index in [2.05, 4.69) is 9.71 Å². The standard InChI is InChI=1S/C12H14FN3O2S2/c1-12(2,11-15-5-6-19-11)16-20(17,18)10-4-3-8(14)7-9(10)13/h3-7,16H,14H2,1-2H3. The average Bonchev–Trinajstić information content (AvgIpc) is 2.80. The highest BCUT2D eigenvalue weighted by molar-refractivity contribution is 7.89. The molecule has 0 aliphatic heterocycles. The van der Waals surface area contributed by atoms with E-state index in [-0.39, 0.29) is 5.69 Å². The zero-order valence-corrected chi connectivity index (χ0v) is 12.6. The second-order valence-electron chi connectivity index (χ2n) is 4.76. The number of nitrogens with zero attached hydrogens (tertiary/aromatic N) is 1. The summed E-state index contributed by atoms with van der Waals surface area (Å²) in [7, 11) is -4.01. The predicted molar refractivity (Wildman–Crippen MR) is 76.3 cm³/mol. The molecule has 0 spiro atoms. The van der Waals surface area contributed by atoms with Crippen LogP contribution in [-0.2, 0) is 15.6 Å². The smallest absolute Gasteiger partial charge is 0.244 e. The molecule has 0 saturated heterocycles. The normalized spacial score (nSPS) is 12.6. The highest BCUT2D eigenvalue weighted by Gasteiger charge is 2.31. The van der Waals surface area contributed by atoms with Crippen molar-refractivity contribution < 1.29 is 12.8 Å². The molecule has 2 rings (SSSR count). The molecule has 1 heterocycles. The number of thiazole rings is 1. The number of halogens is 1. The number of benzene rings is 1. The van der Waals surface area contributed by atoms with E-state index >= 15 is 0 Å². The molecule has 20 heavy (non-hydrogen) atoms. The van der Waals surface area contributed by atoms with Crippen LogP contribution in [0.1, 0.15) is 18.9 Å². The van der Waals surface area contributed by atoms with Gasteiger partial charge in [0, 0.05) is 17.3 Å². The van der Waals surface area contributed by atoms with Crippen LogP contribution in [0.5, 0.6) is 0 Å². The first-order valence-corrected chi connectivity index (χ1v) is 8.08. The van der Waals surface area contributed by atoms with Crippen LogP contribution in [0, 0.1) is 5.82 Å². The van der Waals surface area contributed by atoms with Crippen LogP contribution in [0.3, 0.4) is 0 Å². The first-order chi connectivity index (χ1) is 9.22. The molecule has 3 N–H and O–H groups in total. The van der Waals surface area contributed by atoms with Crippen molar-refractivity contribution in [1.82, 2.24) is 9.71 Å². The molecule has 0 saturated carbocycles. The minimum atomic E-state index is -4.01. The summed E-state index contributed by atoms with van der Waals surface area (Å²) in [5.74, 6) is -0.882. The number of nitrogen functional groups attached to an aromatic ring is 1. The van der Waals surface area contributed by atoms with Gasteiger partial charge in [0.1, 0.15) is 15.7 Å². The highest BCUT2D eigenvalue weighted by Crippen LogP contribution is 2.26. The molecule has 0 radical (unpaired) electrons. The molecule has 0 bridgehead atoms. The molecule has 108 valence electrons. The number of hydrogen-bond donors (Lipinski definition) is 2. The third-order valence-corrected chi connectivity index (χ3v) is 5.39. The Morgan fingerprint density at radius 1 is 1.40 bits per heavy atom.